The monoisotopic (exact) mass is 342 g/mol. The largest absolute Gasteiger partial charge is 0.462 e. The smallest absolute Gasteiger partial charge is 0.302 e. The first-order chi connectivity index (χ1) is 11.9. The molecule has 4 rings (SSSR count). The summed E-state index contributed by atoms with van der Waals surface area (Å²) >= 11 is 0. The molecule has 0 spiro atoms. The molecule has 0 unspecified atom stereocenters. The van der Waals surface area contributed by atoms with E-state index in [0.29, 0.717) is 10.8 Å². The minimum atomic E-state index is -0.124. The Kier molecular flexibility index (Phi) is 4.16. The zero-order valence-corrected chi connectivity index (χ0v) is 16.4. The van der Waals surface area contributed by atoms with Crippen LogP contribution in [0.1, 0.15) is 79.1 Å². The van der Waals surface area contributed by atoms with Crippen molar-refractivity contribution in [3.63, 3.8) is 0 Å². The Labute approximate surface area is 153 Å². The fourth-order valence-corrected chi connectivity index (χ4v) is 7.28. The van der Waals surface area contributed by atoms with Gasteiger partial charge in [0.1, 0.15) is 6.10 Å². The van der Waals surface area contributed by atoms with Gasteiger partial charge in [-0.1, -0.05) is 37.1 Å². The number of carbonyl (C=O) groups is 1. The average Bonchev–Trinajstić information content (AvgIpc) is 2.91. The summed E-state index contributed by atoms with van der Waals surface area (Å²) in [5.41, 5.74) is 4.14. The molecule has 0 aliphatic heterocycles. The van der Waals surface area contributed by atoms with E-state index in [0.717, 1.165) is 30.6 Å². The Bertz CT molecular complexity index is 630. The fraction of sp³-hybridized carbons (Fsp3) is 0.783. The van der Waals surface area contributed by atoms with Crippen molar-refractivity contribution in [3.8, 4) is 0 Å². The number of allylic oxidation sites excluding steroid dienone is 3. The Balaban J connectivity index is 1.60. The van der Waals surface area contributed by atoms with Gasteiger partial charge in [-0.3, -0.25) is 4.79 Å². The van der Waals surface area contributed by atoms with Crippen molar-refractivity contribution in [1.29, 1.82) is 0 Å². The first kappa shape index (κ1) is 17.4. The van der Waals surface area contributed by atoms with Crippen LogP contribution in [-0.4, -0.2) is 12.1 Å². The lowest BCUT2D eigenvalue weighted by molar-refractivity contribution is -0.148. The van der Waals surface area contributed by atoms with E-state index in [1.807, 2.05) is 0 Å². The predicted octanol–water partition coefficient (Wildman–Crippen LogP) is 5.83. The lowest BCUT2D eigenvalue weighted by atomic mass is 9.48. The highest BCUT2D eigenvalue weighted by Gasteiger charge is 2.57. The van der Waals surface area contributed by atoms with Crippen LogP contribution < -0.4 is 0 Å². The van der Waals surface area contributed by atoms with Crippen molar-refractivity contribution in [2.45, 2.75) is 85.2 Å². The first-order valence-corrected chi connectivity index (χ1v) is 10.4. The lowest BCUT2D eigenvalue weighted by Crippen LogP contribution is -2.49. The Morgan fingerprint density at radius 1 is 1.16 bits per heavy atom. The summed E-state index contributed by atoms with van der Waals surface area (Å²) in [6.07, 6.45) is 15.0. The zero-order chi connectivity index (χ0) is 17.8. The second-order valence-corrected chi connectivity index (χ2v) is 9.54. The van der Waals surface area contributed by atoms with E-state index < -0.39 is 0 Å². The topological polar surface area (TPSA) is 26.3 Å². The summed E-state index contributed by atoms with van der Waals surface area (Å²) in [7, 11) is 0. The van der Waals surface area contributed by atoms with Gasteiger partial charge < -0.3 is 4.74 Å². The van der Waals surface area contributed by atoms with E-state index in [2.05, 4.69) is 32.9 Å². The third-order valence-corrected chi connectivity index (χ3v) is 8.59. The van der Waals surface area contributed by atoms with Crippen molar-refractivity contribution in [1.82, 2.24) is 0 Å². The summed E-state index contributed by atoms with van der Waals surface area (Å²) in [4.78, 5) is 11.4. The zero-order valence-electron chi connectivity index (χ0n) is 16.4. The number of hydrogen-bond acceptors (Lipinski definition) is 2. The molecule has 0 aromatic heterocycles. The molecule has 0 heterocycles. The molecular weight excluding hydrogens is 308 g/mol. The van der Waals surface area contributed by atoms with Crippen LogP contribution in [0.2, 0.25) is 0 Å². The maximum Gasteiger partial charge on any atom is 0.302 e. The molecule has 2 nitrogen and oxygen atoms in total. The van der Waals surface area contributed by atoms with E-state index in [1.54, 1.807) is 18.1 Å². The van der Waals surface area contributed by atoms with Gasteiger partial charge >= 0.3 is 5.97 Å². The van der Waals surface area contributed by atoms with E-state index in [4.69, 9.17) is 4.74 Å². The fourth-order valence-electron chi connectivity index (χ4n) is 7.28. The third-order valence-electron chi connectivity index (χ3n) is 8.59. The van der Waals surface area contributed by atoms with Gasteiger partial charge in [-0.25, -0.2) is 0 Å². The molecule has 0 aromatic rings. The van der Waals surface area contributed by atoms with Gasteiger partial charge in [0.15, 0.2) is 0 Å². The number of rotatable bonds is 1. The SMILES string of the molecule is C/C=C1\CC[C@H]2[C@@H]3CC=C4C[C@@H](OC(C)=O)CC[C@]4(C)[C@H]3CC[C@]12C. The summed E-state index contributed by atoms with van der Waals surface area (Å²) < 4.78 is 5.55. The average molecular weight is 343 g/mol. The lowest BCUT2D eigenvalue weighted by Gasteiger charge is -2.57. The van der Waals surface area contributed by atoms with Gasteiger partial charge in [0.05, 0.1) is 0 Å². The van der Waals surface area contributed by atoms with E-state index in [-0.39, 0.29) is 12.1 Å². The van der Waals surface area contributed by atoms with Crippen molar-refractivity contribution >= 4 is 5.97 Å². The Morgan fingerprint density at radius 3 is 2.60 bits per heavy atom. The van der Waals surface area contributed by atoms with Gasteiger partial charge in [-0.15, -0.1) is 0 Å². The van der Waals surface area contributed by atoms with Crippen LogP contribution in [0, 0.1) is 28.6 Å². The molecule has 4 aliphatic rings. The molecule has 0 N–H and O–H groups in total. The molecule has 2 heteroatoms. The van der Waals surface area contributed by atoms with Gasteiger partial charge in [-0.05, 0) is 80.5 Å². The molecule has 0 bridgehead atoms. The third kappa shape index (κ3) is 2.54. The molecular formula is C23H34O2. The minimum Gasteiger partial charge on any atom is -0.462 e. The molecule has 0 radical (unpaired) electrons. The van der Waals surface area contributed by atoms with Crippen molar-refractivity contribution in [2.24, 2.45) is 28.6 Å². The van der Waals surface area contributed by atoms with Crippen LogP contribution in [0.4, 0.5) is 0 Å². The summed E-state index contributed by atoms with van der Waals surface area (Å²) in [5.74, 6) is 2.44. The molecule has 3 fully saturated rings. The standard InChI is InChI=1S/C23H34O2/c1-5-16-7-9-20-19-8-6-17-14-18(25-15(2)24)10-12-23(17,4)21(19)11-13-22(16,20)3/h5-6,18-21H,7-14H2,1-4H3/b16-5+/t18-,19-,20-,21-,22+,23-/m0/s1. The molecule has 25 heavy (non-hydrogen) atoms. The summed E-state index contributed by atoms with van der Waals surface area (Å²) in [6, 6.07) is 0. The predicted molar refractivity (Wildman–Crippen MR) is 101 cm³/mol. The molecule has 3 saturated carbocycles. The van der Waals surface area contributed by atoms with E-state index in [1.165, 1.54) is 38.5 Å². The minimum absolute atomic E-state index is 0.114. The second kappa shape index (κ2) is 5.99. The second-order valence-electron chi connectivity index (χ2n) is 9.54. The normalized spacial score (nSPS) is 47.5. The van der Waals surface area contributed by atoms with E-state index >= 15 is 0 Å². The quantitative estimate of drug-likeness (QED) is 0.443. The highest BCUT2D eigenvalue weighted by molar-refractivity contribution is 5.66. The molecule has 0 saturated heterocycles. The Hall–Kier alpha value is -1.05. The maximum atomic E-state index is 11.4. The number of hydrogen-bond donors (Lipinski definition) is 0. The molecule has 4 aliphatic carbocycles. The number of esters is 1. The molecule has 0 aromatic carbocycles. The highest BCUT2D eigenvalue weighted by atomic mass is 16.5. The van der Waals surface area contributed by atoms with Crippen LogP contribution in [0.5, 0.6) is 0 Å². The van der Waals surface area contributed by atoms with Gasteiger partial charge in [0, 0.05) is 13.3 Å². The number of fused-ring (bicyclic) bond motifs is 5. The Morgan fingerprint density at radius 2 is 1.88 bits per heavy atom. The maximum absolute atomic E-state index is 11.4. The van der Waals surface area contributed by atoms with Crippen LogP contribution in [0.15, 0.2) is 23.3 Å². The van der Waals surface area contributed by atoms with Crippen molar-refractivity contribution in [3.05, 3.63) is 23.3 Å². The van der Waals surface area contributed by atoms with Crippen LogP contribution in [0.25, 0.3) is 0 Å². The molecule has 138 valence electrons. The van der Waals surface area contributed by atoms with Gasteiger partial charge in [-0.2, -0.15) is 0 Å². The van der Waals surface area contributed by atoms with Gasteiger partial charge in [0.2, 0.25) is 0 Å². The number of carbonyl (C=O) groups excluding carboxylic acids is 1. The molecule has 6 atom stereocenters. The summed E-state index contributed by atoms with van der Waals surface area (Å²) in [5, 5.41) is 0. The summed E-state index contributed by atoms with van der Waals surface area (Å²) in [6.45, 7) is 8.86. The number of ether oxygens (including phenoxy) is 1. The van der Waals surface area contributed by atoms with Crippen molar-refractivity contribution in [2.75, 3.05) is 0 Å². The van der Waals surface area contributed by atoms with Crippen LogP contribution in [0.3, 0.4) is 0 Å². The van der Waals surface area contributed by atoms with Crippen LogP contribution >= 0.6 is 0 Å². The highest BCUT2D eigenvalue weighted by Crippen LogP contribution is 2.66. The first-order valence-electron chi connectivity index (χ1n) is 10.4. The molecule has 0 amide bonds. The van der Waals surface area contributed by atoms with Crippen LogP contribution in [-0.2, 0) is 9.53 Å². The van der Waals surface area contributed by atoms with E-state index in [9.17, 15) is 4.79 Å². The van der Waals surface area contributed by atoms with Crippen molar-refractivity contribution < 1.29 is 9.53 Å². The van der Waals surface area contributed by atoms with Gasteiger partial charge in [0.25, 0.3) is 0 Å².